The van der Waals surface area contributed by atoms with Crippen molar-refractivity contribution in [3.8, 4) is 22.8 Å². The molecule has 4 aromatic heterocycles. The number of nitrogens with zero attached hydrogens (tertiary/aromatic N) is 4. The third-order valence-corrected chi connectivity index (χ3v) is 6.39. The molecular weight excluding hydrogens is 536 g/mol. The fourth-order valence-corrected chi connectivity index (χ4v) is 4.25. The Morgan fingerprint density at radius 3 is 0.833 bits per heavy atom. The van der Waals surface area contributed by atoms with E-state index in [1.165, 1.54) is 0 Å². The number of hydrogen-bond acceptors (Lipinski definition) is 10. The number of pyridine rings is 4. The van der Waals surface area contributed by atoms with E-state index in [0.717, 1.165) is 45.0 Å². The van der Waals surface area contributed by atoms with Crippen LogP contribution in [0.5, 0.6) is 0 Å². The third kappa shape index (κ3) is 9.73. The minimum atomic E-state index is 0.464. The van der Waals surface area contributed by atoms with Crippen molar-refractivity contribution in [2.24, 2.45) is 0 Å². The van der Waals surface area contributed by atoms with E-state index in [0.29, 0.717) is 79.3 Å². The van der Waals surface area contributed by atoms with Gasteiger partial charge in [0.05, 0.1) is 102 Å². The Labute approximate surface area is 246 Å². The smallest absolute Gasteiger partial charge is 0.0889 e. The molecule has 0 fully saturated rings. The molecule has 5 rings (SSSR count). The second-order valence-corrected chi connectivity index (χ2v) is 9.63. The summed E-state index contributed by atoms with van der Waals surface area (Å²) in [7, 11) is 0. The van der Waals surface area contributed by atoms with E-state index in [-0.39, 0.29) is 0 Å². The quantitative estimate of drug-likeness (QED) is 0.301. The van der Waals surface area contributed by atoms with E-state index in [2.05, 4.69) is 19.9 Å². The van der Waals surface area contributed by atoms with Crippen molar-refractivity contribution in [3.05, 3.63) is 95.6 Å². The van der Waals surface area contributed by atoms with Gasteiger partial charge in [-0.3, -0.25) is 19.9 Å². The summed E-state index contributed by atoms with van der Waals surface area (Å²) in [5.41, 5.74) is 7.24. The van der Waals surface area contributed by atoms with Crippen LogP contribution in [0, 0.1) is 0 Å². The molecule has 1 aliphatic rings. The molecule has 10 heteroatoms. The Bertz CT molecular complexity index is 1180. The van der Waals surface area contributed by atoms with Gasteiger partial charge in [0.15, 0.2) is 0 Å². The highest BCUT2D eigenvalue weighted by molar-refractivity contribution is 5.56. The Morgan fingerprint density at radius 1 is 0.333 bits per heavy atom. The van der Waals surface area contributed by atoms with Crippen molar-refractivity contribution in [3.63, 3.8) is 0 Å². The van der Waals surface area contributed by atoms with E-state index in [9.17, 15) is 0 Å². The molecule has 0 atom stereocenters. The lowest BCUT2D eigenvalue weighted by Crippen LogP contribution is -2.10. The van der Waals surface area contributed by atoms with Gasteiger partial charge < -0.3 is 28.4 Å². The van der Waals surface area contributed by atoms with E-state index < -0.39 is 0 Å². The van der Waals surface area contributed by atoms with Crippen LogP contribution in [0.2, 0.25) is 0 Å². The van der Waals surface area contributed by atoms with Gasteiger partial charge in [0.25, 0.3) is 0 Å². The van der Waals surface area contributed by atoms with Crippen LogP contribution in [-0.4, -0.2) is 72.8 Å². The monoisotopic (exact) mass is 572 g/mol. The standard InChI is InChI=1S/C32H36N4O6/c1-5-33-29-17-25(1)21-39-13-9-37-10-14-41-23-27-3-7-35-31(19-27)32-20-28(4-8-36-32)24-42-16-12-38-11-15-40-22-26-2-6-34-30(29)18-26/h1-8,17-20H,9-16,21-24H2. The molecule has 4 aromatic rings. The van der Waals surface area contributed by atoms with Gasteiger partial charge in [-0.1, -0.05) is 0 Å². The van der Waals surface area contributed by atoms with Gasteiger partial charge in [0.1, 0.15) is 0 Å². The molecule has 0 unspecified atom stereocenters. The average molecular weight is 573 g/mol. The number of fused-ring (bicyclic) bond motifs is 10. The van der Waals surface area contributed by atoms with Gasteiger partial charge in [0.2, 0.25) is 0 Å². The SMILES string of the molecule is c1cc2cc(n1)-c1cc(ccn1)COCCOCCOCc1ccnc(c1)-c1cc(ccn1)COCCOCCOC2. The van der Waals surface area contributed by atoms with Crippen LogP contribution in [0.3, 0.4) is 0 Å². The van der Waals surface area contributed by atoms with E-state index in [1.807, 2.05) is 48.5 Å². The van der Waals surface area contributed by atoms with E-state index in [4.69, 9.17) is 28.4 Å². The lowest BCUT2D eigenvalue weighted by Gasteiger charge is -2.10. The summed E-state index contributed by atoms with van der Waals surface area (Å²) in [4.78, 5) is 18.0. The molecule has 10 nitrogen and oxygen atoms in total. The first kappa shape index (κ1) is 29.8. The zero-order valence-corrected chi connectivity index (χ0v) is 23.7. The largest absolute Gasteiger partial charge is 0.377 e. The van der Waals surface area contributed by atoms with Crippen LogP contribution in [-0.2, 0) is 54.8 Å². The Kier molecular flexibility index (Phi) is 11.9. The second kappa shape index (κ2) is 16.7. The molecule has 0 spiro atoms. The van der Waals surface area contributed by atoms with E-state index >= 15 is 0 Å². The molecule has 0 saturated heterocycles. The summed E-state index contributed by atoms with van der Waals surface area (Å²) in [5, 5.41) is 0. The van der Waals surface area contributed by atoms with Gasteiger partial charge in [-0.25, -0.2) is 0 Å². The van der Waals surface area contributed by atoms with Gasteiger partial charge in [0, 0.05) is 24.8 Å². The van der Waals surface area contributed by atoms with Crippen LogP contribution in [0.25, 0.3) is 22.8 Å². The van der Waals surface area contributed by atoms with Crippen molar-refractivity contribution >= 4 is 0 Å². The molecule has 1 aliphatic heterocycles. The maximum absolute atomic E-state index is 5.80. The molecule has 0 N–H and O–H groups in total. The van der Waals surface area contributed by atoms with Crippen LogP contribution in [0.1, 0.15) is 22.3 Å². The van der Waals surface area contributed by atoms with Crippen LogP contribution >= 0.6 is 0 Å². The highest BCUT2D eigenvalue weighted by atomic mass is 16.5. The molecule has 0 amide bonds. The fourth-order valence-electron chi connectivity index (χ4n) is 4.25. The fraction of sp³-hybridized carbons (Fsp3) is 0.375. The van der Waals surface area contributed by atoms with Gasteiger partial charge in [-0.05, 0) is 70.8 Å². The number of hydrogen-bond donors (Lipinski definition) is 0. The molecule has 0 aliphatic carbocycles. The number of rotatable bonds is 0. The van der Waals surface area contributed by atoms with E-state index in [1.54, 1.807) is 24.8 Å². The van der Waals surface area contributed by atoms with Crippen LogP contribution < -0.4 is 0 Å². The van der Waals surface area contributed by atoms with Crippen molar-refractivity contribution < 1.29 is 28.4 Å². The topological polar surface area (TPSA) is 107 Å². The van der Waals surface area contributed by atoms with Crippen LogP contribution in [0.15, 0.2) is 73.3 Å². The maximum atomic E-state index is 5.80. The first-order valence-electron chi connectivity index (χ1n) is 14.1. The first-order valence-corrected chi connectivity index (χ1v) is 14.1. The zero-order valence-electron chi connectivity index (χ0n) is 23.7. The van der Waals surface area contributed by atoms with Crippen molar-refractivity contribution in [2.45, 2.75) is 26.4 Å². The Morgan fingerprint density at radius 2 is 0.571 bits per heavy atom. The summed E-state index contributed by atoms with van der Waals surface area (Å²) in [6, 6.07) is 15.7. The third-order valence-electron chi connectivity index (χ3n) is 6.39. The summed E-state index contributed by atoms with van der Waals surface area (Å²) < 4.78 is 34.6. The second-order valence-electron chi connectivity index (χ2n) is 9.63. The predicted octanol–water partition coefficient (Wildman–Crippen LogP) is 4.41. The first-order chi connectivity index (χ1) is 20.8. The predicted molar refractivity (Wildman–Crippen MR) is 155 cm³/mol. The maximum Gasteiger partial charge on any atom is 0.0889 e. The van der Waals surface area contributed by atoms with Crippen molar-refractivity contribution in [1.29, 1.82) is 0 Å². The molecule has 42 heavy (non-hydrogen) atoms. The minimum absolute atomic E-state index is 0.464. The summed E-state index contributed by atoms with van der Waals surface area (Å²) >= 11 is 0. The summed E-state index contributed by atoms with van der Waals surface area (Å²) in [5.74, 6) is 0. The van der Waals surface area contributed by atoms with Crippen LogP contribution in [0.4, 0.5) is 0 Å². The molecule has 5 heterocycles. The normalized spacial score (nSPS) is 16.8. The van der Waals surface area contributed by atoms with Crippen molar-refractivity contribution in [1.82, 2.24) is 19.9 Å². The van der Waals surface area contributed by atoms with Gasteiger partial charge in [-0.15, -0.1) is 0 Å². The molecule has 8 bridgehead atoms. The Hall–Kier alpha value is -3.64. The lowest BCUT2D eigenvalue weighted by atomic mass is 10.1. The molecular formula is C32H36N4O6. The van der Waals surface area contributed by atoms with Gasteiger partial charge >= 0.3 is 0 Å². The highest BCUT2D eigenvalue weighted by Gasteiger charge is 2.07. The molecule has 0 saturated carbocycles. The van der Waals surface area contributed by atoms with Gasteiger partial charge in [-0.2, -0.15) is 0 Å². The Balaban J connectivity index is 1.17. The minimum Gasteiger partial charge on any atom is -0.377 e. The lowest BCUT2D eigenvalue weighted by molar-refractivity contribution is 0.00699. The van der Waals surface area contributed by atoms with Crippen molar-refractivity contribution in [2.75, 3.05) is 52.9 Å². The molecule has 0 radical (unpaired) electrons. The number of ether oxygens (including phenoxy) is 6. The summed E-state index contributed by atoms with van der Waals surface area (Å²) in [6.45, 7) is 5.74. The summed E-state index contributed by atoms with van der Waals surface area (Å²) in [6.07, 6.45) is 7.09. The molecule has 0 aromatic carbocycles. The molecule has 220 valence electrons. The zero-order chi connectivity index (χ0) is 28.7. The number of aromatic nitrogens is 4. The average Bonchev–Trinajstić information content (AvgIpc) is 3.03. The highest BCUT2D eigenvalue weighted by Crippen LogP contribution is 2.19.